The maximum atomic E-state index is 14.9. The average molecular weight is 505 g/mol. The molecule has 2 N–H and O–H groups in total. The number of rotatable bonds is 6. The second-order valence-corrected chi connectivity index (χ2v) is 9.64. The number of carbonyl (C=O) groups excluding carboxylic acids is 1. The fourth-order valence-electron chi connectivity index (χ4n) is 4.72. The molecule has 37 heavy (non-hydrogen) atoms. The Balaban J connectivity index is 1.37. The van der Waals surface area contributed by atoms with Crippen LogP contribution < -0.4 is 5.32 Å². The molecule has 0 unspecified atom stereocenters. The first-order valence-corrected chi connectivity index (χ1v) is 12.1. The van der Waals surface area contributed by atoms with Crippen molar-refractivity contribution in [2.75, 3.05) is 32.6 Å². The number of anilines is 2. The predicted octanol–water partition coefficient (Wildman–Crippen LogP) is 4.03. The van der Waals surface area contributed by atoms with Gasteiger partial charge in [-0.25, -0.2) is 23.8 Å². The van der Waals surface area contributed by atoms with Gasteiger partial charge in [0.1, 0.15) is 17.2 Å². The van der Waals surface area contributed by atoms with E-state index in [0.717, 1.165) is 31.3 Å². The lowest BCUT2D eigenvalue weighted by Crippen LogP contribution is -2.41. The van der Waals surface area contributed by atoms with Gasteiger partial charge < -0.3 is 20.1 Å². The Kier molecular flexibility index (Phi) is 6.61. The van der Waals surface area contributed by atoms with Gasteiger partial charge >= 0.3 is 5.97 Å². The molecule has 9 nitrogen and oxygen atoms in total. The largest absolute Gasteiger partial charge is 0.465 e. The molecule has 1 fully saturated rings. The van der Waals surface area contributed by atoms with E-state index in [1.807, 2.05) is 19.1 Å². The zero-order valence-electron chi connectivity index (χ0n) is 21.0. The summed E-state index contributed by atoms with van der Waals surface area (Å²) < 4.78 is 21.0. The number of piperidine rings is 1. The highest BCUT2D eigenvalue weighted by Crippen LogP contribution is 2.36. The average Bonchev–Trinajstić information content (AvgIpc) is 3.40. The van der Waals surface area contributed by atoms with Gasteiger partial charge in [0.25, 0.3) is 0 Å². The highest BCUT2D eigenvalue weighted by molar-refractivity contribution is 5.88. The standard InChI is InChI=1S/C27H29FN6O3/c1-27(36,19-8-10-33(2)11-9-19)24-7-4-17-14-29-25(13-23(17)31-24)32-22-6-5-20(12-21(22)28)34-16-18(15-30-34)26(35)37-3/h4-7,12-16,19,36H,8-11H2,1-3H3,(H,29,32)/t27-/m1/s1. The minimum Gasteiger partial charge on any atom is -0.465 e. The molecular weight excluding hydrogens is 475 g/mol. The normalized spacial score (nSPS) is 16.5. The monoisotopic (exact) mass is 504 g/mol. The number of benzene rings is 1. The topological polar surface area (TPSA) is 105 Å². The van der Waals surface area contributed by atoms with E-state index in [2.05, 4.69) is 32.1 Å². The van der Waals surface area contributed by atoms with Crippen molar-refractivity contribution >= 4 is 28.4 Å². The Labute approximate surface area is 213 Å². The SMILES string of the molecule is COC(=O)c1cnn(-c2ccc(Nc3cc4nc([C@](C)(O)C5CCN(C)CC5)ccc4cn3)c(F)c2)c1. The first-order valence-electron chi connectivity index (χ1n) is 12.1. The van der Waals surface area contributed by atoms with E-state index < -0.39 is 17.4 Å². The molecule has 0 radical (unpaired) electrons. The smallest absolute Gasteiger partial charge is 0.341 e. The van der Waals surface area contributed by atoms with Gasteiger partial charge in [0.15, 0.2) is 0 Å². The van der Waals surface area contributed by atoms with Crippen LogP contribution in [-0.2, 0) is 10.3 Å². The third-order valence-corrected chi connectivity index (χ3v) is 7.09. The summed E-state index contributed by atoms with van der Waals surface area (Å²) in [4.78, 5) is 23.1. The van der Waals surface area contributed by atoms with Crippen LogP contribution in [0.4, 0.5) is 15.9 Å². The Morgan fingerprint density at radius 3 is 2.70 bits per heavy atom. The van der Waals surface area contributed by atoms with Crippen LogP contribution >= 0.6 is 0 Å². The summed E-state index contributed by atoms with van der Waals surface area (Å²) in [6.45, 7) is 3.73. The first-order chi connectivity index (χ1) is 17.7. The van der Waals surface area contributed by atoms with Gasteiger partial charge in [0, 0.05) is 29.9 Å². The Hall–Kier alpha value is -3.89. The van der Waals surface area contributed by atoms with Crippen molar-refractivity contribution in [3.63, 3.8) is 0 Å². The summed E-state index contributed by atoms with van der Waals surface area (Å²) in [7, 11) is 3.38. The van der Waals surface area contributed by atoms with E-state index in [9.17, 15) is 14.3 Å². The zero-order valence-corrected chi connectivity index (χ0v) is 21.0. The van der Waals surface area contributed by atoms with Gasteiger partial charge in [0.05, 0.1) is 41.5 Å². The van der Waals surface area contributed by atoms with E-state index in [4.69, 9.17) is 4.98 Å². The summed E-state index contributed by atoms with van der Waals surface area (Å²) in [6, 6.07) is 10.1. The fraction of sp³-hybridized carbons (Fsp3) is 0.333. The van der Waals surface area contributed by atoms with Gasteiger partial charge in [0.2, 0.25) is 0 Å². The van der Waals surface area contributed by atoms with Crippen molar-refractivity contribution in [1.82, 2.24) is 24.6 Å². The predicted molar refractivity (Wildman–Crippen MR) is 137 cm³/mol. The number of pyridine rings is 2. The minimum absolute atomic E-state index is 0.124. The molecule has 4 aromatic rings. The maximum absolute atomic E-state index is 14.9. The number of aliphatic hydroxyl groups is 1. The van der Waals surface area contributed by atoms with Crippen LogP contribution in [0.25, 0.3) is 16.6 Å². The first kappa shape index (κ1) is 24.8. The number of carbonyl (C=O) groups is 1. The van der Waals surface area contributed by atoms with Crippen LogP contribution in [0.1, 0.15) is 35.8 Å². The molecule has 0 bridgehead atoms. The number of aromatic nitrogens is 4. The van der Waals surface area contributed by atoms with Crippen molar-refractivity contribution in [1.29, 1.82) is 0 Å². The molecule has 10 heteroatoms. The summed E-state index contributed by atoms with van der Waals surface area (Å²) in [5.74, 6) is -0.479. The zero-order chi connectivity index (χ0) is 26.2. The lowest BCUT2D eigenvalue weighted by atomic mass is 9.79. The van der Waals surface area contributed by atoms with Gasteiger partial charge in [-0.3, -0.25) is 0 Å². The number of ether oxygens (including phenoxy) is 1. The molecule has 192 valence electrons. The van der Waals surface area contributed by atoms with Crippen LogP contribution in [0.15, 0.2) is 55.0 Å². The summed E-state index contributed by atoms with van der Waals surface area (Å²) in [5.41, 5.74) is 1.18. The molecule has 0 saturated carbocycles. The molecule has 5 rings (SSSR count). The number of hydrogen-bond donors (Lipinski definition) is 2. The number of nitrogens with one attached hydrogen (secondary N) is 1. The number of esters is 1. The van der Waals surface area contributed by atoms with Crippen molar-refractivity contribution in [2.45, 2.75) is 25.4 Å². The van der Waals surface area contributed by atoms with Crippen LogP contribution in [0.2, 0.25) is 0 Å². The summed E-state index contributed by atoms with van der Waals surface area (Å²) >= 11 is 0. The molecule has 1 aliphatic heterocycles. The molecule has 1 atom stereocenters. The van der Waals surface area contributed by atoms with Gasteiger partial charge in [-0.2, -0.15) is 5.10 Å². The third-order valence-electron chi connectivity index (χ3n) is 7.09. The second-order valence-electron chi connectivity index (χ2n) is 9.64. The number of likely N-dealkylation sites (tertiary alicyclic amines) is 1. The molecule has 1 aromatic carbocycles. The number of methoxy groups -OCH3 is 1. The summed E-state index contributed by atoms with van der Waals surface area (Å²) in [5, 5.41) is 19.3. The molecule has 1 aliphatic rings. The quantitative estimate of drug-likeness (QED) is 0.379. The van der Waals surface area contributed by atoms with Crippen molar-refractivity contribution < 1.29 is 19.0 Å². The molecule has 0 spiro atoms. The van der Waals surface area contributed by atoms with E-state index in [-0.39, 0.29) is 17.2 Å². The molecule has 0 amide bonds. The molecule has 3 aromatic heterocycles. The molecule has 4 heterocycles. The number of nitrogens with zero attached hydrogens (tertiary/aromatic N) is 5. The van der Waals surface area contributed by atoms with Crippen molar-refractivity contribution in [3.05, 3.63) is 72.1 Å². The molecule has 0 aliphatic carbocycles. The van der Waals surface area contributed by atoms with Crippen LogP contribution in [-0.4, -0.2) is 63.0 Å². The van der Waals surface area contributed by atoms with Gasteiger partial charge in [-0.15, -0.1) is 0 Å². The molecular formula is C27H29FN6O3. The van der Waals surface area contributed by atoms with Crippen LogP contribution in [0.3, 0.4) is 0 Å². The summed E-state index contributed by atoms with van der Waals surface area (Å²) in [6.07, 6.45) is 6.32. The third kappa shape index (κ3) is 5.03. The minimum atomic E-state index is -1.05. The van der Waals surface area contributed by atoms with Crippen LogP contribution in [0, 0.1) is 11.7 Å². The highest BCUT2D eigenvalue weighted by atomic mass is 19.1. The van der Waals surface area contributed by atoms with Gasteiger partial charge in [-0.1, -0.05) is 0 Å². The second kappa shape index (κ2) is 9.87. The lowest BCUT2D eigenvalue weighted by molar-refractivity contribution is -0.0334. The fourth-order valence-corrected chi connectivity index (χ4v) is 4.72. The number of hydrogen-bond acceptors (Lipinski definition) is 8. The Morgan fingerprint density at radius 1 is 1.19 bits per heavy atom. The van der Waals surface area contributed by atoms with E-state index >= 15 is 0 Å². The number of halogens is 1. The molecule has 1 saturated heterocycles. The highest BCUT2D eigenvalue weighted by Gasteiger charge is 2.36. The van der Waals surface area contributed by atoms with Gasteiger partial charge in [-0.05, 0) is 70.1 Å². The Morgan fingerprint density at radius 2 is 1.97 bits per heavy atom. The maximum Gasteiger partial charge on any atom is 0.341 e. The lowest BCUT2D eigenvalue weighted by Gasteiger charge is -2.38. The van der Waals surface area contributed by atoms with Crippen molar-refractivity contribution in [3.8, 4) is 5.69 Å². The Bertz CT molecular complexity index is 1450. The van der Waals surface area contributed by atoms with Crippen LogP contribution in [0.5, 0.6) is 0 Å². The number of fused-ring (bicyclic) bond motifs is 1. The van der Waals surface area contributed by atoms with E-state index in [0.29, 0.717) is 22.7 Å². The van der Waals surface area contributed by atoms with E-state index in [1.54, 1.807) is 24.4 Å². The van der Waals surface area contributed by atoms with E-state index in [1.165, 1.54) is 30.3 Å². The van der Waals surface area contributed by atoms with Crippen molar-refractivity contribution in [2.24, 2.45) is 5.92 Å².